The number of rotatable bonds is 5. The van der Waals surface area contributed by atoms with E-state index in [2.05, 4.69) is 4.57 Å². The van der Waals surface area contributed by atoms with Crippen LogP contribution in [-0.4, -0.2) is 52.0 Å². The number of aryl methyl sites for hydroxylation is 1. The van der Waals surface area contributed by atoms with Crippen LogP contribution in [0.5, 0.6) is 5.75 Å². The van der Waals surface area contributed by atoms with E-state index in [4.69, 9.17) is 17.0 Å². The molecule has 0 N–H and O–H groups in total. The summed E-state index contributed by atoms with van der Waals surface area (Å²) in [6, 6.07) is 15.8. The van der Waals surface area contributed by atoms with Gasteiger partial charge in [-0.05, 0) is 43.4 Å². The SMILES string of the molecule is Cc1ccc(OCCn2cc(C=C3C(=O)N(C)C(=S)N(C)C3=O)c3ccccc32)cc1. The third kappa shape index (κ3) is 3.96. The summed E-state index contributed by atoms with van der Waals surface area (Å²) in [7, 11) is 3.15. The van der Waals surface area contributed by atoms with Crippen molar-refractivity contribution in [2.24, 2.45) is 0 Å². The lowest BCUT2D eigenvalue weighted by molar-refractivity contribution is -0.132. The maximum atomic E-state index is 12.7. The van der Waals surface area contributed by atoms with E-state index >= 15 is 0 Å². The second-order valence-electron chi connectivity index (χ2n) is 7.53. The average molecular weight is 434 g/mol. The lowest BCUT2D eigenvalue weighted by Crippen LogP contribution is -2.52. The van der Waals surface area contributed by atoms with Gasteiger partial charge in [-0.1, -0.05) is 35.9 Å². The first-order valence-electron chi connectivity index (χ1n) is 9.96. The predicted octanol–water partition coefficient (Wildman–Crippen LogP) is 3.63. The van der Waals surface area contributed by atoms with Gasteiger partial charge in [-0.25, -0.2) is 0 Å². The zero-order valence-corrected chi connectivity index (χ0v) is 18.5. The summed E-state index contributed by atoms with van der Waals surface area (Å²) >= 11 is 5.16. The van der Waals surface area contributed by atoms with Crippen molar-refractivity contribution in [1.29, 1.82) is 0 Å². The molecule has 1 aliphatic heterocycles. The van der Waals surface area contributed by atoms with Crippen LogP contribution >= 0.6 is 12.2 Å². The van der Waals surface area contributed by atoms with Gasteiger partial charge in [-0.2, -0.15) is 0 Å². The summed E-state index contributed by atoms with van der Waals surface area (Å²) in [5, 5.41) is 1.16. The number of benzene rings is 2. The van der Waals surface area contributed by atoms with Crippen molar-refractivity contribution < 1.29 is 14.3 Å². The number of thiocarbonyl (C=S) groups is 1. The summed E-state index contributed by atoms with van der Waals surface area (Å²) in [6.07, 6.45) is 3.60. The van der Waals surface area contributed by atoms with E-state index in [0.29, 0.717) is 13.2 Å². The van der Waals surface area contributed by atoms with Gasteiger partial charge in [-0.15, -0.1) is 0 Å². The van der Waals surface area contributed by atoms with Crippen LogP contribution in [-0.2, 0) is 16.1 Å². The summed E-state index contributed by atoms with van der Waals surface area (Å²) in [6.45, 7) is 3.16. The van der Waals surface area contributed by atoms with Crippen LogP contribution in [0.15, 0.2) is 60.3 Å². The molecule has 0 unspecified atom stereocenters. The van der Waals surface area contributed by atoms with Crippen molar-refractivity contribution >= 4 is 46.1 Å². The lowest BCUT2D eigenvalue weighted by Gasteiger charge is -2.31. The summed E-state index contributed by atoms with van der Waals surface area (Å²) < 4.78 is 7.95. The molecular formula is C24H23N3O3S. The Morgan fingerprint density at radius 3 is 2.29 bits per heavy atom. The zero-order valence-electron chi connectivity index (χ0n) is 17.7. The van der Waals surface area contributed by atoms with Crippen LogP contribution in [0.1, 0.15) is 11.1 Å². The maximum Gasteiger partial charge on any atom is 0.265 e. The maximum absolute atomic E-state index is 12.7. The molecule has 3 aromatic rings. The zero-order chi connectivity index (χ0) is 22.1. The van der Waals surface area contributed by atoms with Crippen molar-refractivity contribution in [3.8, 4) is 5.75 Å². The number of amides is 2. The molecule has 0 saturated carbocycles. The topological polar surface area (TPSA) is 54.8 Å². The van der Waals surface area contributed by atoms with Gasteiger partial charge in [0.2, 0.25) is 0 Å². The standard InChI is InChI=1S/C24H23N3O3S/c1-16-8-10-18(11-9-16)30-13-12-27-15-17(19-6-4-5-7-21(19)27)14-20-22(28)25(2)24(31)26(3)23(20)29/h4-11,14-15H,12-13H2,1-3H3. The quantitative estimate of drug-likeness (QED) is 0.350. The van der Waals surface area contributed by atoms with Gasteiger partial charge >= 0.3 is 0 Å². The molecule has 1 aromatic heterocycles. The number of fused-ring (bicyclic) bond motifs is 1. The Bertz CT molecular complexity index is 1180. The highest BCUT2D eigenvalue weighted by Crippen LogP contribution is 2.26. The fourth-order valence-corrected chi connectivity index (χ4v) is 3.77. The number of nitrogens with zero attached hydrogens (tertiary/aromatic N) is 3. The number of ether oxygens (including phenoxy) is 1. The Balaban J connectivity index is 1.63. The van der Waals surface area contributed by atoms with Crippen LogP contribution in [0, 0.1) is 6.92 Å². The second-order valence-corrected chi connectivity index (χ2v) is 7.89. The normalized spacial score (nSPS) is 14.5. The van der Waals surface area contributed by atoms with E-state index in [9.17, 15) is 9.59 Å². The van der Waals surface area contributed by atoms with Crippen molar-refractivity contribution in [3.63, 3.8) is 0 Å². The van der Waals surface area contributed by atoms with Crippen molar-refractivity contribution in [2.75, 3.05) is 20.7 Å². The van der Waals surface area contributed by atoms with Crippen LogP contribution in [0.3, 0.4) is 0 Å². The Morgan fingerprint density at radius 2 is 1.61 bits per heavy atom. The minimum atomic E-state index is -0.396. The molecule has 158 valence electrons. The van der Waals surface area contributed by atoms with E-state index in [0.717, 1.165) is 22.2 Å². The number of hydrogen-bond acceptors (Lipinski definition) is 4. The van der Waals surface area contributed by atoms with E-state index in [1.165, 1.54) is 15.4 Å². The van der Waals surface area contributed by atoms with Gasteiger partial charge < -0.3 is 9.30 Å². The molecule has 0 bridgehead atoms. The number of aromatic nitrogens is 1. The molecule has 4 rings (SSSR count). The molecule has 2 heterocycles. The number of carbonyl (C=O) groups is 2. The number of carbonyl (C=O) groups excluding carboxylic acids is 2. The molecule has 2 amide bonds. The first-order chi connectivity index (χ1) is 14.9. The van der Waals surface area contributed by atoms with Gasteiger partial charge in [0.25, 0.3) is 11.8 Å². The summed E-state index contributed by atoms with van der Waals surface area (Å²) in [5.74, 6) is 0.0325. The first-order valence-corrected chi connectivity index (χ1v) is 10.4. The number of para-hydroxylation sites is 1. The van der Waals surface area contributed by atoms with Crippen LogP contribution in [0.4, 0.5) is 0 Å². The lowest BCUT2D eigenvalue weighted by atomic mass is 10.1. The molecule has 0 atom stereocenters. The van der Waals surface area contributed by atoms with E-state index in [1.54, 1.807) is 20.2 Å². The minimum Gasteiger partial charge on any atom is -0.492 e. The number of likely N-dealkylation sites (N-methyl/N-ethyl adjacent to an activating group) is 2. The van der Waals surface area contributed by atoms with Crippen LogP contribution in [0.2, 0.25) is 0 Å². The highest BCUT2D eigenvalue weighted by molar-refractivity contribution is 7.80. The van der Waals surface area contributed by atoms with Crippen molar-refractivity contribution in [1.82, 2.24) is 14.4 Å². The smallest absolute Gasteiger partial charge is 0.265 e. The molecule has 1 fully saturated rings. The molecule has 1 saturated heterocycles. The largest absolute Gasteiger partial charge is 0.492 e. The van der Waals surface area contributed by atoms with E-state index in [-0.39, 0.29) is 10.7 Å². The fraction of sp³-hybridized carbons (Fsp3) is 0.208. The van der Waals surface area contributed by atoms with Gasteiger partial charge in [0.05, 0.1) is 6.54 Å². The van der Waals surface area contributed by atoms with Crippen molar-refractivity contribution in [3.05, 3.63) is 71.4 Å². The molecule has 31 heavy (non-hydrogen) atoms. The third-order valence-electron chi connectivity index (χ3n) is 5.39. The molecular weight excluding hydrogens is 410 g/mol. The second kappa shape index (κ2) is 8.35. The van der Waals surface area contributed by atoms with E-state index < -0.39 is 11.8 Å². The minimum absolute atomic E-state index is 0.0948. The molecule has 0 radical (unpaired) electrons. The van der Waals surface area contributed by atoms with Crippen molar-refractivity contribution in [2.45, 2.75) is 13.5 Å². The van der Waals surface area contributed by atoms with Crippen LogP contribution in [0.25, 0.3) is 17.0 Å². The highest BCUT2D eigenvalue weighted by Gasteiger charge is 2.35. The van der Waals surface area contributed by atoms with E-state index in [1.807, 2.05) is 61.7 Å². The molecule has 0 aliphatic carbocycles. The Labute approximate surface area is 186 Å². The Morgan fingerprint density at radius 1 is 0.968 bits per heavy atom. The van der Waals surface area contributed by atoms with Gasteiger partial charge in [0.15, 0.2) is 5.11 Å². The molecule has 0 spiro atoms. The monoisotopic (exact) mass is 433 g/mol. The fourth-order valence-electron chi connectivity index (χ4n) is 3.60. The average Bonchev–Trinajstić information content (AvgIpc) is 3.13. The molecule has 6 nitrogen and oxygen atoms in total. The van der Waals surface area contributed by atoms with Gasteiger partial charge in [0.1, 0.15) is 17.9 Å². The molecule has 1 aliphatic rings. The molecule has 2 aromatic carbocycles. The first kappa shape index (κ1) is 20.8. The highest BCUT2D eigenvalue weighted by atomic mass is 32.1. The Kier molecular flexibility index (Phi) is 5.61. The molecule has 7 heteroatoms. The van der Waals surface area contributed by atoms with Crippen LogP contribution < -0.4 is 4.74 Å². The third-order valence-corrected chi connectivity index (χ3v) is 5.93. The summed E-state index contributed by atoms with van der Waals surface area (Å²) in [5.41, 5.74) is 3.09. The Hall–Kier alpha value is -3.45. The summed E-state index contributed by atoms with van der Waals surface area (Å²) in [4.78, 5) is 28.0. The van der Waals surface area contributed by atoms with Gasteiger partial charge in [-0.3, -0.25) is 19.4 Å². The number of hydrogen-bond donors (Lipinski definition) is 0. The predicted molar refractivity (Wildman–Crippen MR) is 125 cm³/mol. The van der Waals surface area contributed by atoms with Gasteiger partial charge in [0, 0.05) is 36.8 Å².